The van der Waals surface area contributed by atoms with Crippen LogP contribution in [0.4, 0.5) is 4.79 Å². The first-order valence-corrected chi connectivity index (χ1v) is 7.18. The number of amides is 2. The lowest BCUT2D eigenvalue weighted by Gasteiger charge is -2.18. The van der Waals surface area contributed by atoms with E-state index in [0.29, 0.717) is 25.6 Å². The Balaban J connectivity index is 3.83. The van der Waals surface area contributed by atoms with Crippen molar-refractivity contribution in [3.05, 3.63) is 0 Å². The molecule has 0 saturated carbocycles. The summed E-state index contributed by atoms with van der Waals surface area (Å²) < 4.78 is 4.92. The molecule has 1 unspecified atom stereocenters. The number of methoxy groups -OCH3 is 1. The average molecular weight is 288 g/mol. The van der Waals surface area contributed by atoms with Crippen LogP contribution in [0.2, 0.25) is 0 Å². The predicted molar refractivity (Wildman–Crippen MR) is 77.7 cm³/mol. The number of aliphatic carboxylic acids is 1. The van der Waals surface area contributed by atoms with Crippen LogP contribution in [0, 0.1) is 11.8 Å². The molecule has 6 heteroatoms. The molecule has 0 aliphatic carbocycles. The molecular formula is C14H28N2O4. The fourth-order valence-electron chi connectivity index (χ4n) is 2.03. The summed E-state index contributed by atoms with van der Waals surface area (Å²) in [6, 6.07) is -0.235. The van der Waals surface area contributed by atoms with Crippen molar-refractivity contribution in [2.45, 2.75) is 39.5 Å². The Hall–Kier alpha value is -1.30. The number of hydrogen-bond acceptors (Lipinski definition) is 3. The molecule has 20 heavy (non-hydrogen) atoms. The third-order valence-corrected chi connectivity index (χ3v) is 2.88. The number of hydrogen-bond donors (Lipinski definition) is 3. The van der Waals surface area contributed by atoms with Gasteiger partial charge in [0.1, 0.15) is 0 Å². The maximum atomic E-state index is 11.6. The molecule has 0 spiro atoms. The third-order valence-electron chi connectivity index (χ3n) is 2.88. The van der Waals surface area contributed by atoms with Gasteiger partial charge in [0.25, 0.3) is 0 Å². The van der Waals surface area contributed by atoms with E-state index < -0.39 is 5.97 Å². The van der Waals surface area contributed by atoms with Gasteiger partial charge >= 0.3 is 12.0 Å². The highest BCUT2D eigenvalue weighted by atomic mass is 16.5. The van der Waals surface area contributed by atoms with Gasteiger partial charge in [-0.2, -0.15) is 0 Å². The van der Waals surface area contributed by atoms with Gasteiger partial charge in [-0.25, -0.2) is 4.79 Å². The Morgan fingerprint density at radius 3 is 2.45 bits per heavy atom. The van der Waals surface area contributed by atoms with Crippen molar-refractivity contribution in [2.24, 2.45) is 11.8 Å². The molecule has 0 aliphatic rings. The first-order valence-electron chi connectivity index (χ1n) is 7.18. The molecule has 0 bridgehead atoms. The molecule has 0 rings (SSSR count). The number of carbonyl (C=O) groups is 2. The van der Waals surface area contributed by atoms with Crippen molar-refractivity contribution < 1.29 is 19.4 Å². The molecule has 0 aromatic carbocycles. The number of nitrogens with one attached hydrogen (secondary N) is 2. The van der Waals surface area contributed by atoms with Crippen LogP contribution in [0.25, 0.3) is 0 Å². The summed E-state index contributed by atoms with van der Waals surface area (Å²) in [5.74, 6) is -0.428. The first-order chi connectivity index (χ1) is 9.45. The van der Waals surface area contributed by atoms with E-state index in [0.717, 1.165) is 19.3 Å². The van der Waals surface area contributed by atoms with E-state index in [1.165, 1.54) is 0 Å². The smallest absolute Gasteiger partial charge is 0.314 e. The minimum atomic E-state index is -0.822. The second-order valence-electron chi connectivity index (χ2n) is 5.43. The number of rotatable bonds is 11. The summed E-state index contributed by atoms with van der Waals surface area (Å²) in [7, 11) is 1.65. The number of unbranched alkanes of at least 4 members (excludes halogenated alkanes) is 1. The summed E-state index contributed by atoms with van der Waals surface area (Å²) in [6.45, 7) is 5.78. The van der Waals surface area contributed by atoms with Crippen LogP contribution in [-0.2, 0) is 9.53 Å². The molecule has 6 nitrogen and oxygen atoms in total. The standard InChI is InChI=1S/C14H28N2O4/c1-11(2)8-12(9-13(17)18)10-16-14(19)15-6-4-5-7-20-3/h11-12H,4-10H2,1-3H3,(H,17,18)(H2,15,16,19). The molecular weight excluding hydrogens is 260 g/mol. The van der Waals surface area contributed by atoms with E-state index in [1.54, 1.807) is 7.11 Å². The number of carbonyl (C=O) groups excluding carboxylic acids is 1. The Bertz CT molecular complexity index is 282. The van der Waals surface area contributed by atoms with Gasteiger partial charge in [0.05, 0.1) is 0 Å². The van der Waals surface area contributed by atoms with E-state index in [1.807, 2.05) is 13.8 Å². The first kappa shape index (κ1) is 18.7. The average Bonchev–Trinajstić information content (AvgIpc) is 2.34. The number of carboxylic acid groups (broad SMARTS) is 1. The number of carboxylic acids is 1. The summed E-state index contributed by atoms with van der Waals surface area (Å²) in [5, 5.41) is 14.3. The monoisotopic (exact) mass is 288 g/mol. The quantitative estimate of drug-likeness (QED) is 0.506. The van der Waals surface area contributed by atoms with Gasteiger partial charge < -0.3 is 20.5 Å². The molecule has 2 amide bonds. The molecule has 0 saturated heterocycles. The number of ether oxygens (including phenoxy) is 1. The summed E-state index contributed by atoms with van der Waals surface area (Å²) in [5.41, 5.74) is 0. The van der Waals surface area contributed by atoms with Crippen molar-refractivity contribution in [3.63, 3.8) is 0 Å². The normalized spacial score (nSPS) is 12.2. The second-order valence-corrected chi connectivity index (χ2v) is 5.43. The van der Waals surface area contributed by atoms with E-state index in [-0.39, 0.29) is 18.4 Å². The van der Waals surface area contributed by atoms with E-state index in [9.17, 15) is 9.59 Å². The highest BCUT2D eigenvalue weighted by molar-refractivity contribution is 5.74. The highest BCUT2D eigenvalue weighted by Crippen LogP contribution is 2.14. The topological polar surface area (TPSA) is 87.7 Å². The Morgan fingerprint density at radius 1 is 1.20 bits per heavy atom. The van der Waals surface area contributed by atoms with Gasteiger partial charge in [0, 0.05) is 33.2 Å². The molecule has 1 atom stereocenters. The predicted octanol–water partition coefficient (Wildman–Crippen LogP) is 1.85. The largest absolute Gasteiger partial charge is 0.481 e. The zero-order valence-electron chi connectivity index (χ0n) is 12.8. The fourth-order valence-corrected chi connectivity index (χ4v) is 2.03. The van der Waals surface area contributed by atoms with Crippen LogP contribution in [0.15, 0.2) is 0 Å². The zero-order valence-corrected chi connectivity index (χ0v) is 12.8. The molecule has 0 aromatic heterocycles. The van der Waals surface area contributed by atoms with Crippen molar-refractivity contribution in [1.82, 2.24) is 10.6 Å². The molecule has 0 radical (unpaired) electrons. The van der Waals surface area contributed by atoms with Gasteiger partial charge in [-0.15, -0.1) is 0 Å². The van der Waals surface area contributed by atoms with Gasteiger partial charge in [-0.05, 0) is 31.1 Å². The molecule has 118 valence electrons. The molecule has 0 heterocycles. The second kappa shape index (κ2) is 11.5. The zero-order chi connectivity index (χ0) is 15.4. The lowest BCUT2D eigenvalue weighted by Crippen LogP contribution is -2.39. The minimum Gasteiger partial charge on any atom is -0.481 e. The van der Waals surface area contributed by atoms with Crippen molar-refractivity contribution >= 4 is 12.0 Å². The Morgan fingerprint density at radius 2 is 1.90 bits per heavy atom. The third kappa shape index (κ3) is 11.8. The fraction of sp³-hybridized carbons (Fsp3) is 0.857. The van der Waals surface area contributed by atoms with E-state index in [2.05, 4.69) is 10.6 Å². The van der Waals surface area contributed by atoms with Crippen LogP contribution >= 0.6 is 0 Å². The van der Waals surface area contributed by atoms with Crippen LogP contribution < -0.4 is 10.6 Å². The van der Waals surface area contributed by atoms with Gasteiger partial charge in [-0.1, -0.05) is 13.8 Å². The lowest BCUT2D eigenvalue weighted by molar-refractivity contribution is -0.138. The van der Waals surface area contributed by atoms with Crippen LogP contribution in [0.3, 0.4) is 0 Å². The highest BCUT2D eigenvalue weighted by Gasteiger charge is 2.15. The molecule has 3 N–H and O–H groups in total. The van der Waals surface area contributed by atoms with Crippen LogP contribution in [-0.4, -0.2) is 43.9 Å². The van der Waals surface area contributed by atoms with Crippen molar-refractivity contribution in [2.75, 3.05) is 26.8 Å². The molecule has 0 aliphatic heterocycles. The van der Waals surface area contributed by atoms with Crippen molar-refractivity contribution in [1.29, 1.82) is 0 Å². The Labute approximate surface area is 121 Å². The van der Waals surface area contributed by atoms with Crippen LogP contribution in [0.1, 0.15) is 39.5 Å². The maximum absolute atomic E-state index is 11.6. The number of urea groups is 1. The van der Waals surface area contributed by atoms with E-state index in [4.69, 9.17) is 9.84 Å². The SMILES string of the molecule is COCCCCNC(=O)NCC(CC(=O)O)CC(C)C. The summed E-state index contributed by atoms with van der Waals surface area (Å²) >= 11 is 0. The maximum Gasteiger partial charge on any atom is 0.314 e. The van der Waals surface area contributed by atoms with Gasteiger partial charge in [0.15, 0.2) is 0 Å². The summed E-state index contributed by atoms with van der Waals surface area (Å²) in [6.07, 6.45) is 2.66. The Kier molecular flexibility index (Phi) is 10.8. The molecule has 0 aromatic rings. The lowest BCUT2D eigenvalue weighted by atomic mass is 9.94. The summed E-state index contributed by atoms with van der Waals surface area (Å²) in [4.78, 5) is 22.3. The van der Waals surface area contributed by atoms with Gasteiger partial charge in [-0.3, -0.25) is 4.79 Å². The van der Waals surface area contributed by atoms with Crippen molar-refractivity contribution in [3.8, 4) is 0 Å². The molecule has 0 fully saturated rings. The van der Waals surface area contributed by atoms with Gasteiger partial charge in [0.2, 0.25) is 0 Å². The van der Waals surface area contributed by atoms with Crippen LogP contribution in [0.5, 0.6) is 0 Å². The minimum absolute atomic E-state index is 0.0215. The van der Waals surface area contributed by atoms with E-state index >= 15 is 0 Å².